The number of furan rings is 1. The number of nitrogens with zero attached hydrogens (tertiary/aromatic N) is 4. The van der Waals surface area contributed by atoms with Gasteiger partial charge in [0.25, 0.3) is 0 Å². The summed E-state index contributed by atoms with van der Waals surface area (Å²) in [6.07, 6.45) is 0. The van der Waals surface area contributed by atoms with Gasteiger partial charge >= 0.3 is 0 Å². The number of fused-ring (bicyclic) bond motifs is 9. The van der Waals surface area contributed by atoms with E-state index in [0.717, 1.165) is 58.8 Å². The number of rotatable bonds is 4. The average Bonchev–Trinajstić information content (AvgIpc) is 3.91. The Bertz CT molecular complexity index is 3380. The van der Waals surface area contributed by atoms with Gasteiger partial charge in [0.15, 0.2) is 17.5 Å². The normalized spacial score (nSPS) is 13.3. The van der Waals surface area contributed by atoms with Crippen LogP contribution in [0.15, 0.2) is 162 Å². The van der Waals surface area contributed by atoms with Crippen molar-refractivity contribution >= 4 is 75.3 Å². The lowest BCUT2D eigenvalue weighted by Gasteiger charge is -2.10. The van der Waals surface area contributed by atoms with Gasteiger partial charge in [-0.15, -0.1) is 11.3 Å². The van der Waals surface area contributed by atoms with Crippen LogP contribution in [0, 0.1) is 0 Å². The van der Waals surface area contributed by atoms with Crippen LogP contribution in [0.5, 0.6) is 0 Å². The molecule has 0 unspecified atom stereocenters. The largest absolute Gasteiger partial charge is 0.456 e. The maximum Gasteiger partial charge on any atom is 0.164 e. The van der Waals surface area contributed by atoms with Crippen LogP contribution < -0.4 is 0 Å². The highest BCUT2D eigenvalue weighted by Gasteiger charge is 2.20. The Balaban J connectivity index is 1.16. The molecule has 6 heteroatoms. The molecule has 11 aromatic rings. The zero-order chi connectivity index (χ0) is 37.8. The summed E-state index contributed by atoms with van der Waals surface area (Å²) in [4.78, 5) is 14.7. The minimum absolute atomic E-state index is 0.0168. The first-order valence-corrected chi connectivity index (χ1v) is 17.4. The average molecular weight is 676 g/mol. The van der Waals surface area contributed by atoms with E-state index in [1.165, 1.54) is 10.8 Å². The van der Waals surface area contributed by atoms with E-state index in [2.05, 4.69) is 77.4 Å². The lowest BCUT2D eigenvalue weighted by atomic mass is 10.1. The van der Waals surface area contributed by atoms with Crippen LogP contribution in [0.4, 0.5) is 0 Å². The third-order valence-electron chi connectivity index (χ3n) is 9.56. The number of thiophene rings is 1. The first-order valence-electron chi connectivity index (χ1n) is 19.0. The molecule has 11 rings (SSSR count). The molecule has 4 aromatic heterocycles. The van der Waals surface area contributed by atoms with E-state index in [1.54, 1.807) is 11.3 Å². The van der Waals surface area contributed by atoms with Crippen molar-refractivity contribution in [3.8, 4) is 39.9 Å². The van der Waals surface area contributed by atoms with Gasteiger partial charge in [-0.1, -0.05) is 109 Å². The smallest absolute Gasteiger partial charge is 0.164 e. The van der Waals surface area contributed by atoms with Gasteiger partial charge in [-0.25, -0.2) is 15.0 Å². The Morgan fingerprint density at radius 2 is 1.18 bits per heavy atom. The van der Waals surface area contributed by atoms with Crippen molar-refractivity contribution in [2.45, 2.75) is 0 Å². The topological polar surface area (TPSA) is 56.7 Å². The second-order valence-electron chi connectivity index (χ2n) is 12.4. The van der Waals surface area contributed by atoms with Gasteiger partial charge in [-0.3, -0.25) is 0 Å². The monoisotopic (exact) mass is 675 g/mol. The molecule has 0 atom stereocenters. The molecule has 0 aliphatic heterocycles. The Labute approximate surface area is 302 Å². The van der Waals surface area contributed by atoms with Gasteiger partial charge < -0.3 is 8.98 Å². The van der Waals surface area contributed by atoms with Crippen molar-refractivity contribution in [3.05, 3.63) is 158 Å². The van der Waals surface area contributed by atoms with Crippen LogP contribution in [0.1, 0.15) is 6.85 Å². The molecule has 0 radical (unpaired) electrons. The summed E-state index contributed by atoms with van der Waals surface area (Å²) in [6.45, 7) is 0. The van der Waals surface area contributed by atoms with Gasteiger partial charge in [-0.05, 0) is 48.5 Å². The van der Waals surface area contributed by atoms with E-state index in [0.29, 0.717) is 17.0 Å². The fraction of sp³-hybridized carbons (Fsp3) is 0. The van der Waals surface area contributed by atoms with E-state index in [-0.39, 0.29) is 29.3 Å². The third kappa shape index (κ3) is 4.30. The number of para-hydroxylation sites is 2. The molecule has 0 bridgehead atoms. The first kappa shape index (κ1) is 23.7. The van der Waals surface area contributed by atoms with Crippen molar-refractivity contribution in [2.75, 3.05) is 0 Å². The fourth-order valence-corrected chi connectivity index (χ4v) is 8.51. The summed E-state index contributed by atoms with van der Waals surface area (Å²) < 4.78 is 53.6. The Morgan fingerprint density at radius 1 is 0.510 bits per heavy atom. The zero-order valence-electron chi connectivity index (χ0n) is 31.7. The van der Waals surface area contributed by atoms with Crippen molar-refractivity contribution in [1.82, 2.24) is 19.5 Å². The van der Waals surface area contributed by atoms with Crippen LogP contribution >= 0.6 is 11.3 Å². The predicted octanol–water partition coefficient (Wildman–Crippen LogP) is 12.2. The van der Waals surface area contributed by atoms with Gasteiger partial charge in [0.1, 0.15) is 11.2 Å². The van der Waals surface area contributed by atoms with Crippen LogP contribution in [-0.4, -0.2) is 19.5 Å². The number of hydrogen-bond acceptors (Lipinski definition) is 5. The summed E-state index contributed by atoms with van der Waals surface area (Å²) in [5.74, 6) is 0.583. The standard InChI is InChI=1S/C45H26N4OS/c1-2-12-27(13-3-1)43-46-44(48-45(47-43)33-17-10-23-40-41(33)32-16-6-9-22-39(32)51-40)28-24-25-31-38(26-28)50-37-21-11-20-36(42(31)37)49-34-18-7-4-14-29(34)30-15-5-8-19-35(30)49/h1-26H/i1D,2D,3D,12D,13D. The summed E-state index contributed by atoms with van der Waals surface area (Å²) >= 11 is 1.67. The molecule has 0 aliphatic carbocycles. The molecule has 238 valence electrons. The quantitative estimate of drug-likeness (QED) is 0.186. The molecule has 0 amide bonds. The molecule has 0 fully saturated rings. The molecule has 7 aromatic carbocycles. The molecule has 4 heterocycles. The van der Waals surface area contributed by atoms with Crippen LogP contribution in [0.25, 0.3) is 104 Å². The highest BCUT2D eigenvalue weighted by molar-refractivity contribution is 7.25. The summed E-state index contributed by atoms with van der Waals surface area (Å²) in [5.41, 5.74) is 5.81. The lowest BCUT2D eigenvalue weighted by molar-refractivity contribution is 0.669. The van der Waals surface area contributed by atoms with E-state index in [9.17, 15) is 0 Å². The van der Waals surface area contributed by atoms with Gasteiger partial charge in [0.05, 0.1) is 29.0 Å². The summed E-state index contributed by atoms with van der Waals surface area (Å²) in [6, 6.07) is 40.7. The molecule has 0 spiro atoms. The molecule has 5 nitrogen and oxygen atoms in total. The minimum Gasteiger partial charge on any atom is -0.456 e. The van der Waals surface area contributed by atoms with Crippen LogP contribution in [0.3, 0.4) is 0 Å². The Kier molecular flexibility index (Phi) is 5.08. The number of benzene rings is 7. The minimum atomic E-state index is -0.483. The van der Waals surface area contributed by atoms with E-state index in [1.807, 2.05) is 54.6 Å². The van der Waals surface area contributed by atoms with Crippen LogP contribution in [0.2, 0.25) is 0 Å². The highest BCUT2D eigenvalue weighted by Crippen LogP contribution is 2.41. The Hall–Kier alpha value is -6.63. The molecule has 0 saturated carbocycles. The van der Waals surface area contributed by atoms with E-state index < -0.39 is 18.1 Å². The van der Waals surface area contributed by atoms with Crippen molar-refractivity contribution in [2.24, 2.45) is 0 Å². The summed E-state index contributed by atoms with van der Waals surface area (Å²) in [5, 5.41) is 6.24. The molecule has 51 heavy (non-hydrogen) atoms. The summed E-state index contributed by atoms with van der Waals surface area (Å²) in [7, 11) is 0. The number of aromatic nitrogens is 4. The molecule has 0 aliphatic rings. The number of hydrogen-bond donors (Lipinski definition) is 0. The van der Waals surface area contributed by atoms with Crippen molar-refractivity contribution in [1.29, 1.82) is 0 Å². The lowest BCUT2D eigenvalue weighted by Crippen LogP contribution is -2.00. The SMILES string of the molecule is [2H]c1c([2H])c([2H])c(-c2nc(-c3ccc4c(c3)oc3cccc(-n5c6ccccc6c6ccccc65)c34)nc(-c3cccc4sc5ccccc5c34)n2)c([2H])c1[2H]. The Morgan fingerprint density at radius 3 is 1.98 bits per heavy atom. The second kappa shape index (κ2) is 10.9. The van der Waals surface area contributed by atoms with E-state index in [4.69, 9.17) is 26.2 Å². The molecule has 0 saturated heterocycles. The highest BCUT2D eigenvalue weighted by atomic mass is 32.1. The first-order chi connectivity index (χ1) is 27.4. The third-order valence-corrected chi connectivity index (χ3v) is 10.7. The van der Waals surface area contributed by atoms with Gasteiger partial charge in [0, 0.05) is 53.0 Å². The van der Waals surface area contributed by atoms with Gasteiger partial charge in [0.2, 0.25) is 0 Å². The maximum atomic E-state index is 8.80. The van der Waals surface area contributed by atoms with Gasteiger partial charge in [-0.2, -0.15) is 0 Å². The fourth-order valence-electron chi connectivity index (χ4n) is 7.37. The van der Waals surface area contributed by atoms with Crippen molar-refractivity contribution in [3.63, 3.8) is 0 Å². The van der Waals surface area contributed by atoms with Crippen molar-refractivity contribution < 1.29 is 11.3 Å². The molecule has 0 N–H and O–H groups in total. The molecular weight excluding hydrogens is 645 g/mol. The maximum absolute atomic E-state index is 8.80. The van der Waals surface area contributed by atoms with E-state index >= 15 is 0 Å². The second-order valence-corrected chi connectivity index (χ2v) is 13.5. The predicted molar refractivity (Wildman–Crippen MR) is 211 cm³/mol. The zero-order valence-corrected chi connectivity index (χ0v) is 27.5. The van der Waals surface area contributed by atoms with Crippen LogP contribution in [-0.2, 0) is 0 Å². The molecular formula is C45H26N4OS.